The second kappa shape index (κ2) is 9.56. The first-order valence-electron chi connectivity index (χ1n) is 10.3. The second-order valence-corrected chi connectivity index (χ2v) is 9.30. The largest absolute Gasteiger partial charge is 0.495 e. The van der Waals surface area contributed by atoms with Gasteiger partial charge in [-0.15, -0.1) is 0 Å². The molecule has 1 aliphatic heterocycles. The van der Waals surface area contributed by atoms with Crippen molar-refractivity contribution >= 4 is 21.6 Å². The lowest BCUT2D eigenvalue weighted by Crippen LogP contribution is -2.40. The maximum atomic E-state index is 13.0. The predicted molar refractivity (Wildman–Crippen MR) is 121 cm³/mol. The van der Waals surface area contributed by atoms with E-state index in [0.29, 0.717) is 37.7 Å². The van der Waals surface area contributed by atoms with E-state index in [1.54, 1.807) is 6.07 Å². The number of amides is 1. The Kier molecular flexibility index (Phi) is 6.59. The number of carbonyl (C=O) groups excluding carboxylic acids is 1. The Hall–Kier alpha value is -3.14. The van der Waals surface area contributed by atoms with E-state index in [1.807, 2.05) is 53.4 Å². The fourth-order valence-electron chi connectivity index (χ4n) is 3.55. The third kappa shape index (κ3) is 4.85. The van der Waals surface area contributed by atoms with E-state index < -0.39 is 10.0 Å². The standard InChI is InChI=1S/C23H25N3O5S/c1-30-22-9-8-20(32(28,29)26-12-14-31-15-13-26)17-21(22)24-23(27)16-18-4-6-19(7-5-18)25-10-2-3-11-25/h2-11,17H,12-16H2,1H3,(H,24,27). The molecule has 8 nitrogen and oxygen atoms in total. The number of ether oxygens (including phenoxy) is 2. The van der Waals surface area contributed by atoms with Gasteiger partial charge < -0.3 is 19.4 Å². The number of morpholine rings is 1. The number of aromatic nitrogens is 1. The summed E-state index contributed by atoms with van der Waals surface area (Å²) in [5.74, 6) is 0.125. The van der Waals surface area contributed by atoms with Crippen molar-refractivity contribution in [2.45, 2.75) is 11.3 Å². The molecule has 0 saturated carbocycles. The summed E-state index contributed by atoms with van der Waals surface area (Å²) in [7, 11) is -2.21. The molecule has 0 atom stereocenters. The average molecular weight is 456 g/mol. The van der Waals surface area contributed by atoms with Gasteiger partial charge in [0.1, 0.15) is 5.75 Å². The fourth-order valence-corrected chi connectivity index (χ4v) is 4.99. The maximum Gasteiger partial charge on any atom is 0.243 e. The third-order valence-electron chi connectivity index (χ3n) is 5.26. The minimum Gasteiger partial charge on any atom is -0.495 e. The number of sulfonamides is 1. The molecule has 0 radical (unpaired) electrons. The summed E-state index contributed by atoms with van der Waals surface area (Å²) in [6, 6.07) is 16.0. The van der Waals surface area contributed by atoms with Gasteiger partial charge in [0.15, 0.2) is 0 Å². The Morgan fingerprint density at radius 1 is 1.06 bits per heavy atom. The number of anilines is 1. The van der Waals surface area contributed by atoms with Crippen LogP contribution >= 0.6 is 0 Å². The van der Waals surface area contributed by atoms with Crippen molar-refractivity contribution in [3.63, 3.8) is 0 Å². The minimum absolute atomic E-state index is 0.103. The lowest BCUT2D eigenvalue weighted by Gasteiger charge is -2.26. The van der Waals surface area contributed by atoms with Crippen molar-refractivity contribution in [3.8, 4) is 11.4 Å². The molecule has 0 unspecified atom stereocenters. The van der Waals surface area contributed by atoms with Crippen LogP contribution in [0.4, 0.5) is 5.69 Å². The van der Waals surface area contributed by atoms with Crippen LogP contribution in [0, 0.1) is 0 Å². The zero-order valence-corrected chi connectivity index (χ0v) is 18.5. The molecule has 1 N–H and O–H groups in total. The Morgan fingerprint density at radius 3 is 2.41 bits per heavy atom. The molecule has 1 aliphatic rings. The number of nitrogens with one attached hydrogen (secondary N) is 1. The number of rotatable bonds is 7. The number of methoxy groups -OCH3 is 1. The number of hydrogen-bond acceptors (Lipinski definition) is 5. The van der Waals surface area contributed by atoms with Crippen LogP contribution in [0.1, 0.15) is 5.56 Å². The highest BCUT2D eigenvalue weighted by molar-refractivity contribution is 7.89. The van der Waals surface area contributed by atoms with Crippen molar-refractivity contribution in [2.75, 3.05) is 38.7 Å². The summed E-state index contributed by atoms with van der Waals surface area (Å²) in [6.07, 6.45) is 4.05. The van der Waals surface area contributed by atoms with E-state index >= 15 is 0 Å². The molecule has 0 spiro atoms. The van der Waals surface area contributed by atoms with Crippen molar-refractivity contribution in [1.82, 2.24) is 8.87 Å². The summed E-state index contributed by atoms with van der Waals surface area (Å²) in [5.41, 5.74) is 2.16. The molecule has 0 aliphatic carbocycles. The van der Waals surface area contributed by atoms with Gasteiger partial charge in [-0.25, -0.2) is 8.42 Å². The van der Waals surface area contributed by atoms with Gasteiger partial charge >= 0.3 is 0 Å². The molecule has 3 aromatic rings. The predicted octanol–water partition coefficient (Wildman–Crippen LogP) is 2.69. The Labute approximate surface area is 187 Å². The molecular weight excluding hydrogens is 430 g/mol. The topological polar surface area (TPSA) is 89.9 Å². The molecule has 1 fully saturated rings. The van der Waals surface area contributed by atoms with E-state index in [4.69, 9.17) is 9.47 Å². The van der Waals surface area contributed by atoms with Gasteiger partial charge in [0.05, 0.1) is 37.3 Å². The second-order valence-electron chi connectivity index (χ2n) is 7.36. The van der Waals surface area contributed by atoms with Crippen LogP contribution in [-0.4, -0.2) is 56.6 Å². The van der Waals surface area contributed by atoms with Gasteiger partial charge in [-0.2, -0.15) is 4.31 Å². The first-order chi connectivity index (χ1) is 15.5. The third-order valence-corrected chi connectivity index (χ3v) is 7.15. The van der Waals surface area contributed by atoms with E-state index in [9.17, 15) is 13.2 Å². The molecule has 1 saturated heterocycles. The first-order valence-corrected chi connectivity index (χ1v) is 11.7. The van der Waals surface area contributed by atoms with Gasteiger partial charge in [-0.3, -0.25) is 4.79 Å². The van der Waals surface area contributed by atoms with Crippen LogP contribution in [0.15, 0.2) is 71.9 Å². The summed E-state index contributed by atoms with van der Waals surface area (Å²) in [5, 5.41) is 2.79. The molecule has 4 rings (SSSR count). The zero-order valence-electron chi connectivity index (χ0n) is 17.7. The molecule has 1 aromatic heterocycles. The fraction of sp³-hybridized carbons (Fsp3) is 0.261. The smallest absolute Gasteiger partial charge is 0.243 e. The van der Waals surface area contributed by atoms with E-state index in [2.05, 4.69) is 5.32 Å². The van der Waals surface area contributed by atoms with E-state index in [1.165, 1.54) is 23.5 Å². The van der Waals surface area contributed by atoms with Gasteiger partial charge in [0, 0.05) is 31.2 Å². The Balaban J connectivity index is 1.49. The van der Waals surface area contributed by atoms with Crippen LogP contribution in [0.2, 0.25) is 0 Å². The van der Waals surface area contributed by atoms with Crippen LogP contribution < -0.4 is 10.1 Å². The van der Waals surface area contributed by atoms with Gasteiger partial charge in [-0.1, -0.05) is 12.1 Å². The molecule has 1 amide bonds. The highest BCUT2D eigenvalue weighted by atomic mass is 32.2. The SMILES string of the molecule is COc1ccc(S(=O)(=O)N2CCOCC2)cc1NC(=O)Cc1ccc(-n2cccc2)cc1. The summed E-state index contributed by atoms with van der Waals surface area (Å²) in [4.78, 5) is 12.8. The number of nitrogens with zero attached hydrogens (tertiary/aromatic N) is 2. The van der Waals surface area contributed by atoms with Crippen LogP contribution in [0.5, 0.6) is 5.75 Å². The van der Waals surface area contributed by atoms with Crippen molar-refractivity contribution in [2.24, 2.45) is 0 Å². The van der Waals surface area contributed by atoms with Crippen LogP contribution in [0.25, 0.3) is 5.69 Å². The van der Waals surface area contributed by atoms with Gasteiger partial charge in [0.25, 0.3) is 0 Å². The van der Waals surface area contributed by atoms with E-state index in [-0.39, 0.29) is 17.2 Å². The number of hydrogen-bond donors (Lipinski definition) is 1. The molecule has 168 valence electrons. The van der Waals surface area contributed by atoms with Gasteiger partial charge in [0.2, 0.25) is 15.9 Å². The lowest BCUT2D eigenvalue weighted by atomic mass is 10.1. The van der Waals surface area contributed by atoms with Crippen molar-refractivity contribution < 1.29 is 22.7 Å². The highest BCUT2D eigenvalue weighted by Gasteiger charge is 2.27. The monoisotopic (exact) mass is 455 g/mol. The van der Waals surface area contributed by atoms with Gasteiger partial charge in [-0.05, 0) is 48.0 Å². The molecule has 9 heteroatoms. The molecular formula is C23H25N3O5S. The molecule has 2 heterocycles. The normalized spacial score (nSPS) is 14.8. The number of carbonyl (C=O) groups is 1. The van der Waals surface area contributed by atoms with Crippen molar-refractivity contribution in [1.29, 1.82) is 0 Å². The van der Waals surface area contributed by atoms with Crippen molar-refractivity contribution in [3.05, 3.63) is 72.6 Å². The first kappa shape index (κ1) is 22.1. The Bertz CT molecular complexity index is 1170. The lowest BCUT2D eigenvalue weighted by molar-refractivity contribution is -0.115. The Morgan fingerprint density at radius 2 is 1.75 bits per heavy atom. The average Bonchev–Trinajstić information content (AvgIpc) is 3.35. The quantitative estimate of drug-likeness (QED) is 0.592. The van der Waals surface area contributed by atoms with E-state index in [0.717, 1.165) is 11.3 Å². The molecule has 2 aromatic carbocycles. The maximum absolute atomic E-state index is 13.0. The summed E-state index contributed by atoms with van der Waals surface area (Å²) >= 11 is 0. The highest BCUT2D eigenvalue weighted by Crippen LogP contribution is 2.29. The minimum atomic E-state index is -3.69. The summed E-state index contributed by atoms with van der Waals surface area (Å²) < 4.78 is 39.9. The molecule has 32 heavy (non-hydrogen) atoms. The summed E-state index contributed by atoms with van der Waals surface area (Å²) in [6.45, 7) is 1.33. The van der Waals surface area contributed by atoms with Crippen LogP contribution in [0.3, 0.4) is 0 Å². The number of benzene rings is 2. The molecule has 0 bridgehead atoms. The zero-order chi connectivity index (χ0) is 22.6. The van der Waals surface area contributed by atoms with Crippen LogP contribution in [-0.2, 0) is 26.0 Å².